The number of amides is 1. The van der Waals surface area contributed by atoms with E-state index in [1.165, 1.54) is 22.9 Å². The first-order chi connectivity index (χ1) is 12.4. The summed E-state index contributed by atoms with van der Waals surface area (Å²) in [5, 5.41) is 14.7. The Hall–Kier alpha value is -1.45. The molecule has 1 aliphatic heterocycles. The first-order valence-corrected chi connectivity index (χ1v) is 10.2. The number of benzene rings is 1. The summed E-state index contributed by atoms with van der Waals surface area (Å²) in [5.41, 5.74) is 1.28. The number of β-amino-alcohol motifs (C(OH)–C–C–N with tert-alkyl or cyclic N) is 1. The Balaban J connectivity index is 1.58. The molecule has 0 saturated carbocycles. The molecule has 1 fully saturated rings. The molecule has 1 saturated heterocycles. The van der Waals surface area contributed by atoms with Crippen LogP contribution in [0.25, 0.3) is 10.1 Å². The van der Waals surface area contributed by atoms with Crippen LogP contribution in [0.5, 0.6) is 0 Å². The number of rotatable bonds is 4. The number of carbonyl (C=O) groups is 1. The highest BCUT2D eigenvalue weighted by Crippen LogP contribution is 2.34. The molecule has 3 aromatic rings. The molecule has 26 heavy (non-hydrogen) atoms. The Labute approximate surface area is 167 Å². The molecule has 2 aromatic heterocycles. The highest BCUT2D eigenvalue weighted by molar-refractivity contribution is 7.16. The standard InChI is InChI=1S/C16H14Cl2N4O2S2/c1-7(15-20-13(17)14(18)25-15)19-8-2-3-11-10(4-8)12(21-26-11)16(24)22-5-9(23)6-22/h2-4,7,9,19,23H,5-6H2,1H3. The molecule has 3 heterocycles. The van der Waals surface area contributed by atoms with Crippen molar-refractivity contribution < 1.29 is 9.90 Å². The van der Waals surface area contributed by atoms with Crippen LogP contribution in [0, 0.1) is 0 Å². The summed E-state index contributed by atoms with van der Waals surface area (Å²) in [5.74, 6) is -0.148. The lowest BCUT2D eigenvalue weighted by Gasteiger charge is -2.35. The van der Waals surface area contributed by atoms with E-state index in [0.29, 0.717) is 28.3 Å². The van der Waals surface area contributed by atoms with Gasteiger partial charge in [0.25, 0.3) is 5.91 Å². The number of carbonyl (C=O) groups excluding carboxylic acids is 1. The molecule has 136 valence electrons. The van der Waals surface area contributed by atoms with Gasteiger partial charge in [-0.15, -0.1) is 11.3 Å². The SMILES string of the molecule is CC(Nc1ccc2snc(C(=O)N3CC(O)C3)c2c1)c1nc(Cl)c(Cl)s1. The second kappa shape index (κ2) is 6.94. The molecule has 0 aliphatic carbocycles. The maximum absolute atomic E-state index is 12.5. The van der Waals surface area contributed by atoms with Gasteiger partial charge in [0, 0.05) is 24.2 Å². The predicted octanol–water partition coefficient (Wildman–Crippen LogP) is 4.05. The molecular formula is C16H14Cl2N4O2S2. The van der Waals surface area contributed by atoms with E-state index >= 15 is 0 Å². The normalized spacial score (nSPS) is 15.9. The van der Waals surface area contributed by atoms with Gasteiger partial charge in [-0.05, 0) is 36.7 Å². The van der Waals surface area contributed by atoms with Gasteiger partial charge in [-0.2, -0.15) is 4.37 Å². The minimum atomic E-state index is -0.432. The van der Waals surface area contributed by atoms with Crippen molar-refractivity contribution in [3.8, 4) is 0 Å². The molecule has 6 nitrogen and oxygen atoms in total. The fraction of sp³-hybridized carbons (Fsp3) is 0.312. The highest BCUT2D eigenvalue weighted by atomic mass is 35.5. The van der Waals surface area contributed by atoms with Crippen molar-refractivity contribution >= 4 is 67.8 Å². The van der Waals surface area contributed by atoms with Crippen molar-refractivity contribution in [3.63, 3.8) is 0 Å². The number of anilines is 1. The first kappa shape index (κ1) is 17.9. The number of thiazole rings is 1. The average Bonchev–Trinajstić information content (AvgIpc) is 3.15. The molecule has 1 aliphatic rings. The highest BCUT2D eigenvalue weighted by Gasteiger charge is 2.31. The molecule has 0 bridgehead atoms. The predicted molar refractivity (Wildman–Crippen MR) is 106 cm³/mol. The molecule has 10 heteroatoms. The zero-order valence-corrected chi connectivity index (χ0v) is 16.7. The second-order valence-corrected chi connectivity index (χ2v) is 8.88. The third kappa shape index (κ3) is 3.27. The van der Waals surface area contributed by atoms with E-state index in [2.05, 4.69) is 14.7 Å². The maximum Gasteiger partial charge on any atom is 0.274 e. The Kier molecular flexibility index (Phi) is 4.79. The lowest BCUT2D eigenvalue weighted by molar-refractivity contribution is 0.00572. The van der Waals surface area contributed by atoms with Crippen LogP contribution in [0.15, 0.2) is 18.2 Å². The number of halogens is 2. The van der Waals surface area contributed by atoms with E-state index in [-0.39, 0.29) is 11.9 Å². The summed E-state index contributed by atoms with van der Waals surface area (Å²) in [7, 11) is 0. The number of aliphatic hydroxyl groups excluding tert-OH is 1. The van der Waals surface area contributed by atoms with Crippen molar-refractivity contribution in [3.05, 3.63) is 38.4 Å². The minimum absolute atomic E-state index is 0.0845. The summed E-state index contributed by atoms with van der Waals surface area (Å²) in [6.07, 6.45) is -0.432. The molecule has 4 rings (SSSR count). The van der Waals surface area contributed by atoms with Gasteiger partial charge in [-0.25, -0.2) is 4.98 Å². The summed E-state index contributed by atoms with van der Waals surface area (Å²) >= 11 is 14.5. The van der Waals surface area contributed by atoms with Crippen molar-refractivity contribution in [2.24, 2.45) is 0 Å². The van der Waals surface area contributed by atoms with E-state index < -0.39 is 6.10 Å². The minimum Gasteiger partial charge on any atom is -0.389 e. The van der Waals surface area contributed by atoms with Gasteiger partial charge in [0.05, 0.1) is 16.8 Å². The summed E-state index contributed by atoms with van der Waals surface area (Å²) in [6, 6.07) is 5.70. The van der Waals surface area contributed by atoms with Gasteiger partial charge in [0.15, 0.2) is 5.15 Å². The largest absolute Gasteiger partial charge is 0.389 e. The lowest BCUT2D eigenvalue weighted by Crippen LogP contribution is -2.53. The Morgan fingerprint density at radius 1 is 1.42 bits per heavy atom. The third-order valence-corrected chi connectivity index (χ3v) is 6.89. The summed E-state index contributed by atoms with van der Waals surface area (Å²) in [4.78, 5) is 18.4. The second-order valence-electron chi connectivity index (χ2n) is 6.09. The number of nitrogens with zero attached hydrogens (tertiary/aromatic N) is 3. The van der Waals surface area contributed by atoms with Crippen LogP contribution >= 0.6 is 46.1 Å². The summed E-state index contributed by atoms with van der Waals surface area (Å²) in [6.45, 7) is 2.69. The number of likely N-dealkylation sites (tertiary alicyclic amines) is 1. The fourth-order valence-corrected chi connectivity index (χ4v) is 4.72. The number of nitrogens with one attached hydrogen (secondary N) is 1. The zero-order chi connectivity index (χ0) is 18.4. The van der Waals surface area contributed by atoms with Crippen LogP contribution in [0.4, 0.5) is 5.69 Å². The topological polar surface area (TPSA) is 78.4 Å². The smallest absolute Gasteiger partial charge is 0.274 e. The van der Waals surface area contributed by atoms with Gasteiger partial charge in [-0.3, -0.25) is 4.79 Å². The molecular weight excluding hydrogens is 415 g/mol. The van der Waals surface area contributed by atoms with Crippen LogP contribution in [0.3, 0.4) is 0 Å². The number of fused-ring (bicyclic) bond motifs is 1. The molecule has 1 amide bonds. The molecule has 1 unspecified atom stereocenters. The van der Waals surface area contributed by atoms with Crippen molar-refractivity contribution in [2.45, 2.75) is 19.1 Å². The Morgan fingerprint density at radius 2 is 2.19 bits per heavy atom. The number of aliphatic hydroxyl groups is 1. The van der Waals surface area contributed by atoms with E-state index in [1.807, 2.05) is 25.1 Å². The van der Waals surface area contributed by atoms with Crippen LogP contribution in [0.1, 0.15) is 28.5 Å². The molecule has 0 radical (unpaired) electrons. The van der Waals surface area contributed by atoms with Crippen molar-refractivity contribution in [1.82, 2.24) is 14.3 Å². The van der Waals surface area contributed by atoms with Crippen LogP contribution in [-0.4, -0.2) is 44.5 Å². The first-order valence-electron chi connectivity index (χ1n) is 7.87. The Morgan fingerprint density at radius 3 is 2.85 bits per heavy atom. The molecule has 2 N–H and O–H groups in total. The van der Waals surface area contributed by atoms with Crippen LogP contribution in [-0.2, 0) is 0 Å². The number of hydrogen-bond donors (Lipinski definition) is 2. The zero-order valence-electron chi connectivity index (χ0n) is 13.6. The van der Waals surface area contributed by atoms with Gasteiger partial charge in [0.1, 0.15) is 15.0 Å². The monoisotopic (exact) mass is 428 g/mol. The van der Waals surface area contributed by atoms with Gasteiger partial charge < -0.3 is 15.3 Å². The third-order valence-electron chi connectivity index (χ3n) is 4.14. The van der Waals surface area contributed by atoms with Crippen LogP contribution < -0.4 is 5.32 Å². The number of aromatic nitrogens is 2. The fourth-order valence-electron chi connectivity index (χ4n) is 2.75. The Bertz CT molecular complexity index is 964. The average molecular weight is 429 g/mol. The van der Waals surface area contributed by atoms with Crippen molar-refractivity contribution in [1.29, 1.82) is 0 Å². The quantitative estimate of drug-likeness (QED) is 0.654. The summed E-state index contributed by atoms with van der Waals surface area (Å²) < 4.78 is 5.72. The number of hydrogen-bond acceptors (Lipinski definition) is 7. The maximum atomic E-state index is 12.5. The van der Waals surface area contributed by atoms with Crippen LogP contribution in [0.2, 0.25) is 9.49 Å². The van der Waals surface area contributed by atoms with E-state index in [9.17, 15) is 9.90 Å². The van der Waals surface area contributed by atoms with Gasteiger partial charge in [0.2, 0.25) is 0 Å². The van der Waals surface area contributed by atoms with Gasteiger partial charge in [-0.1, -0.05) is 23.2 Å². The molecule has 1 aromatic carbocycles. The van der Waals surface area contributed by atoms with E-state index in [0.717, 1.165) is 20.8 Å². The van der Waals surface area contributed by atoms with E-state index in [1.54, 1.807) is 4.90 Å². The van der Waals surface area contributed by atoms with E-state index in [4.69, 9.17) is 23.2 Å². The molecule has 0 spiro atoms. The van der Waals surface area contributed by atoms with Gasteiger partial charge >= 0.3 is 0 Å². The lowest BCUT2D eigenvalue weighted by atomic mass is 10.1. The molecule has 1 atom stereocenters. The van der Waals surface area contributed by atoms with Crippen molar-refractivity contribution in [2.75, 3.05) is 18.4 Å².